The molecule has 5 nitrogen and oxygen atoms in total. The van der Waals surface area contributed by atoms with Crippen molar-refractivity contribution in [1.29, 1.82) is 0 Å². The van der Waals surface area contributed by atoms with Gasteiger partial charge in [0, 0.05) is 12.6 Å². The third-order valence-electron chi connectivity index (χ3n) is 3.99. The predicted molar refractivity (Wildman–Crippen MR) is 58.6 cm³/mol. The minimum atomic E-state index is 0.673. The maximum atomic E-state index is 5.09. The molecule has 2 saturated heterocycles. The van der Waals surface area contributed by atoms with Crippen LogP contribution in [0.25, 0.3) is 0 Å². The Labute approximate surface area is 95.2 Å². The smallest absolute Gasteiger partial charge is 0.240 e. The van der Waals surface area contributed by atoms with E-state index in [0.29, 0.717) is 6.04 Å². The zero-order chi connectivity index (χ0) is 11.0. The fourth-order valence-electron chi connectivity index (χ4n) is 3.29. The van der Waals surface area contributed by atoms with Gasteiger partial charge in [0.05, 0.1) is 6.54 Å². The van der Waals surface area contributed by atoms with Gasteiger partial charge >= 0.3 is 0 Å². The van der Waals surface area contributed by atoms with Crippen LogP contribution in [0.4, 0.5) is 0 Å². The Morgan fingerprint density at radius 3 is 3.25 bits per heavy atom. The van der Waals surface area contributed by atoms with Crippen molar-refractivity contribution in [2.75, 3.05) is 19.6 Å². The summed E-state index contributed by atoms with van der Waals surface area (Å²) in [5.74, 6) is 2.37. The molecule has 16 heavy (non-hydrogen) atoms. The highest BCUT2D eigenvalue weighted by molar-refractivity contribution is 4.98. The molecule has 88 valence electrons. The third-order valence-corrected chi connectivity index (χ3v) is 3.99. The lowest BCUT2D eigenvalue weighted by molar-refractivity contribution is 0.184. The largest absolute Gasteiger partial charge is 0.338 e. The standard InChI is InChI=1S/C11H18N4O/c1-2-10-9-4-12-3-8(9)5-15(10)6-11-13-7-14-16-11/h7-10,12H,2-6H2,1H3. The van der Waals surface area contributed by atoms with Crippen LogP contribution in [0.15, 0.2) is 10.9 Å². The monoisotopic (exact) mass is 222 g/mol. The van der Waals surface area contributed by atoms with Crippen LogP contribution in [0.1, 0.15) is 19.2 Å². The van der Waals surface area contributed by atoms with Crippen LogP contribution in [0.3, 0.4) is 0 Å². The molecule has 0 bridgehead atoms. The van der Waals surface area contributed by atoms with Gasteiger partial charge in [-0.25, -0.2) is 0 Å². The number of rotatable bonds is 3. The molecule has 1 aromatic heterocycles. The van der Waals surface area contributed by atoms with Gasteiger partial charge in [-0.05, 0) is 31.3 Å². The summed E-state index contributed by atoms with van der Waals surface area (Å²) in [5.41, 5.74) is 0. The minimum Gasteiger partial charge on any atom is -0.338 e. The summed E-state index contributed by atoms with van der Waals surface area (Å²) in [6.45, 7) is 6.58. The average molecular weight is 222 g/mol. The third kappa shape index (κ3) is 1.64. The summed E-state index contributed by atoms with van der Waals surface area (Å²) >= 11 is 0. The van der Waals surface area contributed by atoms with E-state index in [2.05, 4.69) is 27.3 Å². The lowest BCUT2D eigenvalue weighted by Gasteiger charge is -2.25. The summed E-state index contributed by atoms with van der Waals surface area (Å²) < 4.78 is 5.09. The highest BCUT2D eigenvalue weighted by Gasteiger charge is 2.43. The second-order valence-corrected chi connectivity index (χ2v) is 4.82. The second-order valence-electron chi connectivity index (χ2n) is 4.82. The molecule has 3 unspecified atom stereocenters. The number of hydrogen-bond acceptors (Lipinski definition) is 5. The molecule has 5 heteroatoms. The molecule has 1 N–H and O–H groups in total. The van der Waals surface area contributed by atoms with Crippen molar-refractivity contribution < 1.29 is 4.52 Å². The first kappa shape index (κ1) is 10.2. The van der Waals surface area contributed by atoms with E-state index in [1.54, 1.807) is 0 Å². The zero-order valence-corrected chi connectivity index (χ0v) is 9.59. The number of hydrogen-bond donors (Lipinski definition) is 1. The average Bonchev–Trinajstić information content (AvgIpc) is 2.93. The molecule has 3 rings (SSSR count). The molecule has 3 atom stereocenters. The highest BCUT2D eigenvalue weighted by Crippen LogP contribution is 2.34. The number of fused-ring (bicyclic) bond motifs is 1. The SMILES string of the molecule is CCC1C2CNCC2CN1Cc1ncno1. The molecule has 2 aliphatic heterocycles. The lowest BCUT2D eigenvalue weighted by atomic mass is 9.93. The van der Waals surface area contributed by atoms with Crippen LogP contribution in [0.5, 0.6) is 0 Å². The molecule has 1 aromatic rings. The molecule has 0 aromatic carbocycles. The zero-order valence-electron chi connectivity index (χ0n) is 9.59. The molecular formula is C11H18N4O. The number of nitrogens with zero attached hydrogens (tertiary/aromatic N) is 3. The lowest BCUT2D eigenvalue weighted by Crippen LogP contribution is -2.34. The van der Waals surface area contributed by atoms with Gasteiger partial charge in [0.15, 0.2) is 6.33 Å². The van der Waals surface area contributed by atoms with Gasteiger partial charge in [-0.3, -0.25) is 4.90 Å². The van der Waals surface area contributed by atoms with Crippen LogP contribution < -0.4 is 5.32 Å². The topological polar surface area (TPSA) is 54.2 Å². The summed E-state index contributed by atoms with van der Waals surface area (Å²) in [4.78, 5) is 6.61. The van der Waals surface area contributed by atoms with Crippen LogP contribution >= 0.6 is 0 Å². The Morgan fingerprint density at radius 1 is 1.56 bits per heavy atom. The summed E-state index contributed by atoms with van der Waals surface area (Å²) in [7, 11) is 0. The van der Waals surface area contributed by atoms with Crippen LogP contribution in [-0.2, 0) is 6.54 Å². The van der Waals surface area contributed by atoms with Crippen LogP contribution in [-0.4, -0.2) is 40.7 Å². The van der Waals surface area contributed by atoms with Gasteiger partial charge in [-0.1, -0.05) is 12.1 Å². The van der Waals surface area contributed by atoms with E-state index < -0.39 is 0 Å². The normalized spacial score (nSPS) is 34.4. The second kappa shape index (κ2) is 4.14. The first-order valence-electron chi connectivity index (χ1n) is 6.08. The van der Waals surface area contributed by atoms with Crippen molar-refractivity contribution in [2.24, 2.45) is 11.8 Å². The first-order chi connectivity index (χ1) is 7.88. The van der Waals surface area contributed by atoms with E-state index in [1.807, 2.05) is 0 Å². The maximum Gasteiger partial charge on any atom is 0.240 e. The van der Waals surface area contributed by atoms with Gasteiger partial charge < -0.3 is 9.84 Å². The quantitative estimate of drug-likeness (QED) is 0.807. The molecule has 3 heterocycles. The Morgan fingerprint density at radius 2 is 2.50 bits per heavy atom. The van der Waals surface area contributed by atoms with E-state index in [-0.39, 0.29) is 0 Å². The van der Waals surface area contributed by atoms with Gasteiger partial charge in [-0.2, -0.15) is 4.98 Å². The van der Waals surface area contributed by atoms with Crippen LogP contribution in [0, 0.1) is 11.8 Å². The Hall–Kier alpha value is -0.940. The first-order valence-corrected chi connectivity index (χ1v) is 6.08. The van der Waals surface area contributed by atoms with E-state index in [9.17, 15) is 0 Å². The van der Waals surface area contributed by atoms with Crippen LogP contribution in [0.2, 0.25) is 0 Å². The molecule has 0 radical (unpaired) electrons. The fourth-order valence-corrected chi connectivity index (χ4v) is 3.29. The number of aromatic nitrogens is 2. The Kier molecular flexibility index (Phi) is 2.65. The van der Waals surface area contributed by atoms with E-state index in [1.165, 1.54) is 32.4 Å². The molecule has 0 amide bonds. The van der Waals surface area contributed by atoms with Crippen molar-refractivity contribution in [1.82, 2.24) is 20.4 Å². The predicted octanol–water partition coefficient (Wildman–Crippen LogP) is 0.499. The number of nitrogens with one attached hydrogen (secondary N) is 1. The molecule has 2 aliphatic rings. The van der Waals surface area contributed by atoms with Crippen molar-refractivity contribution in [3.05, 3.63) is 12.2 Å². The molecule has 0 saturated carbocycles. The molecule has 0 spiro atoms. The summed E-state index contributed by atoms with van der Waals surface area (Å²) in [6.07, 6.45) is 2.69. The number of likely N-dealkylation sites (tertiary alicyclic amines) is 1. The maximum absolute atomic E-state index is 5.09. The van der Waals surface area contributed by atoms with E-state index >= 15 is 0 Å². The minimum absolute atomic E-state index is 0.673. The summed E-state index contributed by atoms with van der Waals surface area (Å²) in [6, 6.07) is 0.673. The van der Waals surface area contributed by atoms with Crippen molar-refractivity contribution in [3.8, 4) is 0 Å². The van der Waals surface area contributed by atoms with Gasteiger partial charge in [0.1, 0.15) is 0 Å². The molecular weight excluding hydrogens is 204 g/mol. The van der Waals surface area contributed by atoms with Gasteiger partial charge in [0.25, 0.3) is 0 Å². The van der Waals surface area contributed by atoms with E-state index in [0.717, 1.165) is 24.3 Å². The Balaban J connectivity index is 1.71. The van der Waals surface area contributed by atoms with E-state index in [4.69, 9.17) is 4.52 Å². The highest BCUT2D eigenvalue weighted by atomic mass is 16.5. The molecule has 2 fully saturated rings. The Bertz CT molecular complexity index is 340. The fraction of sp³-hybridized carbons (Fsp3) is 0.818. The van der Waals surface area contributed by atoms with Crippen molar-refractivity contribution in [3.63, 3.8) is 0 Å². The summed E-state index contributed by atoms with van der Waals surface area (Å²) in [5, 5.41) is 7.15. The van der Waals surface area contributed by atoms with Crippen molar-refractivity contribution in [2.45, 2.75) is 25.9 Å². The van der Waals surface area contributed by atoms with Crippen molar-refractivity contribution >= 4 is 0 Å². The molecule has 0 aliphatic carbocycles. The van der Waals surface area contributed by atoms with Gasteiger partial charge in [0.2, 0.25) is 5.89 Å². The van der Waals surface area contributed by atoms with Gasteiger partial charge in [-0.15, -0.1) is 0 Å².